The summed E-state index contributed by atoms with van der Waals surface area (Å²) in [7, 11) is 0. The highest BCUT2D eigenvalue weighted by Crippen LogP contribution is 2.13. The first-order valence-corrected chi connectivity index (χ1v) is 9.48. The zero-order valence-corrected chi connectivity index (χ0v) is 16.6. The van der Waals surface area contributed by atoms with Gasteiger partial charge in [0.25, 0.3) is 0 Å². The van der Waals surface area contributed by atoms with Gasteiger partial charge in [-0.25, -0.2) is 4.79 Å². The van der Waals surface area contributed by atoms with Crippen LogP contribution in [0.25, 0.3) is 0 Å². The van der Waals surface area contributed by atoms with Crippen LogP contribution in [0.1, 0.15) is 31.2 Å². The first kappa shape index (κ1) is 23.6. The maximum absolute atomic E-state index is 10.9. The fraction of sp³-hybridized carbons (Fsp3) is 0.304. The van der Waals surface area contributed by atoms with Gasteiger partial charge in [-0.05, 0) is 62.1 Å². The molecule has 0 heterocycles. The van der Waals surface area contributed by atoms with Crippen LogP contribution in [0.2, 0.25) is 0 Å². The average Bonchev–Trinajstić information content (AvgIpc) is 2.75. The number of unbranched alkanes of at least 4 members (excludes halogenated alkanes) is 3. The fourth-order valence-corrected chi connectivity index (χ4v) is 2.19. The monoisotopic (exact) mass is 393 g/mol. The van der Waals surface area contributed by atoms with Gasteiger partial charge in [0.05, 0.1) is 37.1 Å². The number of hydrogen-bond donors (Lipinski definition) is 0. The van der Waals surface area contributed by atoms with Crippen LogP contribution in [0.4, 0.5) is 5.69 Å². The molecule has 1 aromatic rings. The van der Waals surface area contributed by atoms with Crippen LogP contribution in [0.5, 0.6) is 0 Å². The summed E-state index contributed by atoms with van der Waals surface area (Å²) < 4.78 is 10.7. The van der Waals surface area contributed by atoms with E-state index in [9.17, 15) is 4.79 Å². The molecule has 0 radical (unpaired) electrons. The molecule has 0 saturated heterocycles. The van der Waals surface area contributed by atoms with Crippen molar-refractivity contribution in [2.45, 2.75) is 25.7 Å². The molecule has 1 aromatic carbocycles. The van der Waals surface area contributed by atoms with E-state index in [0.717, 1.165) is 25.7 Å². The molecule has 0 aliphatic carbocycles. The van der Waals surface area contributed by atoms with Crippen molar-refractivity contribution in [3.8, 4) is 6.07 Å². The molecule has 1 rings (SSSR count). The average molecular weight is 393 g/mol. The SMILES string of the molecule is C=C/C=C(\C=C/C/N=N/c1ccc(C#N)cc1)OCCCCCCOC(=O)C=C. The van der Waals surface area contributed by atoms with Crippen LogP contribution in [-0.2, 0) is 14.3 Å². The van der Waals surface area contributed by atoms with Crippen molar-refractivity contribution in [1.82, 2.24) is 0 Å². The Bertz CT molecular complexity index is 772. The van der Waals surface area contributed by atoms with Gasteiger partial charge in [-0.1, -0.05) is 25.3 Å². The Kier molecular flexibility index (Phi) is 12.7. The molecular formula is C23H27N3O3. The molecule has 0 spiro atoms. The van der Waals surface area contributed by atoms with Gasteiger partial charge in [0.15, 0.2) is 0 Å². The molecule has 152 valence electrons. The summed E-state index contributed by atoms with van der Waals surface area (Å²) in [6.45, 7) is 8.49. The Hall–Kier alpha value is -3.46. The minimum Gasteiger partial charge on any atom is -0.494 e. The number of carbonyl (C=O) groups is 1. The molecule has 0 fully saturated rings. The number of ether oxygens (including phenoxy) is 2. The maximum atomic E-state index is 10.9. The number of nitriles is 1. The van der Waals surface area contributed by atoms with E-state index in [1.165, 1.54) is 6.08 Å². The normalized spacial score (nSPS) is 11.3. The molecule has 0 atom stereocenters. The molecule has 6 nitrogen and oxygen atoms in total. The molecule has 0 aliphatic rings. The van der Waals surface area contributed by atoms with Gasteiger partial charge in [-0.15, -0.1) is 0 Å². The third-order valence-electron chi connectivity index (χ3n) is 3.65. The van der Waals surface area contributed by atoms with Crippen molar-refractivity contribution < 1.29 is 14.3 Å². The zero-order chi connectivity index (χ0) is 21.2. The number of benzene rings is 1. The van der Waals surface area contributed by atoms with Gasteiger partial charge in [0, 0.05) is 6.08 Å². The second-order valence-corrected chi connectivity index (χ2v) is 5.92. The van der Waals surface area contributed by atoms with Crippen molar-refractivity contribution in [3.63, 3.8) is 0 Å². The lowest BCUT2D eigenvalue weighted by atomic mass is 10.2. The molecule has 6 heteroatoms. The number of esters is 1. The predicted octanol–water partition coefficient (Wildman–Crippen LogP) is 5.57. The van der Waals surface area contributed by atoms with Crippen LogP contribution in [0.3, 0.4) is 0 Å². The highest BCUT2D eigenvalue weighted by Gasteiger charge is 1.97. The fourth-order valence-electron chi connectivity index (χ4n) is 2.19. The summed E-state index contributed by atoms with van der Waals surface area (Å²) in [5, 5.41) is 17.0. The van der Waals surface area contributed by atoms with E-state index in [2.05, 4.69) is 29.5 Å². The predicted molar refractivity (Wildman–Crippen MR) is 114 cm³/mol. The van der Waals surface area contributed by atoms with Crippen LogP contribution in [-0.4, -0.2) is 25.7 Å². The van der Waals surface area contributed by atoms with Crippen LogP contribution < -0.4 is 0 Å². The van der Waals surface area contributed by atoms with Gasteiger partial charge in [-0.2, -0.15) is 15.5 Å². The highest BCUT2D eigenvalue weighted by molar-refractivity contribution is 5.81. The molecule has 0 saturated carbocycles. The molecule has 0 N–H and O–H groups in total. The zero-order valence-electron chi connectivity index (χ0n) is 16.6. The minimum absolute atomic E-state index is 0.379. The second-order valence-electron chi connectivity index (χ2n) is 5.92. The van der Waals surface area contributed by atoms with Crippen molar-refractivity contribution >= 4 is 11.7 Å². The molecule has 0 aliphatic heterocycles. The van der Waals surface area contributed by atoms with E-state index in [1.807, 2.05) is 12.2 Å². The first-order valence-electron chi connectivity index (χ1n) is 9.48. The molecular weight excluding hydrogens is 366 g/mol. The van der Waals surface area contributed by atoms with Crippen molar-refractivity contribution in [1.29, 1.82) is 5.26 Å². The Morgan fingerprint density at radius 3 is 2.38 bits per heavy atom. The topological polar surface area (TPSA) is 84.0 Å². The number of carbonyl (C=O) groups excluding carboxylic acids is 1. The molecule has 29 heavy (non-hydrogen) atoms. The molecule has 0 unspecified atom stereocenters. The van der Waals surface area contributed by atoms with Gasteiger partial charge >= 0.3 is 5.97 Å². The summed E-state index contributed by atoms with van der Waals surface area (Å²) >= 11 is 0. The third kappa shape index (κ3) is 11.8. The Morgan fingerprint density at radius 1 is 1.07 bits per heavy atom. The van der Waals surface area contributed by atoms with Crippen LogP contribution in [0.15, 0.2) is 83.8 Å². The van der Waals surface area contributed by atoms with E-state index < -0.39 is 0 Å². The summed E-state index contributed by atoms with van der Waals surface area (Å²) in [5.74, 6) is 0.337. The van der Waals surface area contributed by atoms with Crippen LogP contribution in [0, 0.1) is 11.3 Å². The third-order valence-corrected chi connectivity index (χ3v) is 3.65. The van der Waals surface area contributed by atoms with E-state index >= 15 is 0 Å². The standard InChI is InChI=1S/C23H27N3O3/c1-3-10-22(28-17-7-5-6-8-18-29-23(27)4-2)11-9-16-25-26-21-14-12-20(19-24)13-15-21/h3-4,9-15H,1-2,5-8,16-18H2/b11-9-,22-10+,26-25+. The summed E-state index contributed by atoms with van der Waals surface area (Å²) in [5.41, 5.74) is 1.30. The van der Waals surface area contributed by atoms with Gasteiger partial charge in [-0.3, -0.25) is 0 Å². The lowest BCUT2D eigenvalue weighted by molar-refractivity contribution is -0.137. The van der Waals surface area contributed by atoms with Crippen molar-refractivity contribution in [2.75, 3.05) is 19.8 Å². The molecule has 0 bridgehead atoms. The first-order chi connectivity index (χ1) is 14.2. The van der Waals surface area contributed by atoms with Gasteiger partial charge in [0.1, 0.15) is 5.76 Å². The Morgan fingerprint density at radius 2 is 1.76 bits per heavy atom. The van der Waals surface area contributed by atoms with E-state index in [0.29, 0.717) is 36.8 Å². The molecule has 0 aromatic heterocycles. The number of nitrogens with zero attached hydrogens (tertiary/aromatic N) is 3. The van der Waals surface area contributed by atoms with E-state index in [-0.39, 0.29) is 5.97 Å². The Labute approximate surface area is 172 Å². The smallest absolute Gasteiger partial charge is 0.330 e. The van der Waals surface area contributed by atoms with E-state index in [4.69, 9.17) is 14.7 Å². The van der Waals surface area contributed by atoms with Crippen LogP contribution >= 0.6 is 0 Å². The number of allylic oxidation sites excluding steroid dienone is 3. The number of rotatable bonds is 14. The Balaban J connectivity index is 2.23. The summed E-state index contributed by atoms with van der Waals surface area (Å²) in [6.07, 6.45) is 12.0. The van der Waals surface area contributed by atoms with Crippen molar-refractivity contribution in [2.24, 2.45) is 10.2 Å². The lowest BCUT2D eigenvalue weighted by Gasteiger charge is -2.06. The summed E-state index contributed by atoms with van der Waals surface area (Å²) in [4.78, 5) is 10.9. The quantitative estimate of drug-likeness (QED) is 0.103. The number of azo groups is 1. The highest BCUT2D eigenvalue weighted by atomic mass is 16.5. The molecule has 0 amide bonds. The summed E-state index contributed by atoms with van der Waals surface area (Å²) in [6, 6.07) is 8.97. The lowest BCUT2D eigenvalue weighted by Crippen LogP contribution is -2.01. The number of hydrogen-bond acceptors (Lipinski definition) is 6. The largest absolute Gasteiger partial charge is 0.494 e. The van der Waals surface area contributed by atoms with E-state index in [1.54, 1.807) is 36.4 Å². The van der Waals surface area contributed by atoms with Gasteiger partial charge < -0.3 is 9.47 Å². The maximum Gasteiger partial charge on any atom is 0.330 e. The van der Waals surface area contributed by atoms with Crippen molar-refractivity contribution in [3.05, 3.63) is 79.1 Å². The van der Waals surface area contributed by atoms with Gasteiger partial charge in [0.2, 0.25) is 0 Å². The minimum atomic E-state index is -0.379. The second kappa shape index (κ2) is 15.6.